The molecule has 2 amide bonds. The monoisotopic (exact) mass is 544 g/mol. The van der Waals surface area contributed by atoms with E-state index in [0.717, 1.165) is 11.5 Å². The molecule has 16 heteroatoms. The minimum atomic E-state index is -1.20. The van der Waals surface area contributed by atoms with Gasteiger partial charge in [0, 0.05) is 22.2 Å². The Labute approximate surface area is 213 Å². The highest BCUT2D eigenvalue weighted by Gasteiger charge is 2.54. The molecule has 13 nitrogen and oxygen atoms in total. The number of carbonyl (C=O) groups is 4. The lowest BCUT2D eigenvalue weighted by Gasteiger charge is -2.49. The highest BCUT2D eigenvalue weighted by atomic mass is 32.2. The Morgan fingerprint density at radius 3 is 2.66 bits per heavy atom. The lowest BCUT2D eigenvalue weighted by molar-refractivity contribution is -0.160. The first kappa shape index (κ1) is 26.7. The number of hydrogen-bond acceptors (Lipinski definition) is 13. The van der Waals surface area contributed by atoms with Crippen molar-refractivity contribution in [3.05, 3.63) is 16.4 Å². The molecule has 1 saturated heterocycles. The normalized spacial score (nSPS) is 20.2. The molecule has 1 aromatic heterocycles. The van der Waals surface area contributed by atoms with Crippen LogP contribution in [0.2, 0.25) is 0 Å². The van der Waals surface area contributed by atoms with E-state index in [1.165, 1.54) is 28.4 Å². The Balaban J connectivity index is 1.75. The molecule has 3 rings (SSSR count). The van der Waals surface area contributed by atoms with Crippen molar-refractivity contribution >= 4 is 69.7 Å². The minimum Gasteiger partial charge on any atom is -0.477 e. The van der Waals surface area contributed by atoms with Crippen LogP contribution in [0.5, 0.6) is 0 Å². The third-order valence-corrected chi connectivity index (χ3v) is 7.35. The van der Waals surface area contributed by atoms with Crippen molar-refractivity contribution in [1.29, 1.82) is 0 Å². The molecule has 1 fully saturated rings. The topological polar surface area (TPSA) is 186 Å². The summed E-state index contributed by atoms with van der Waals surface area (Å²) in [5.41, 5.74) is 4.41. The van der Waals surface area contributed by atoms with Gasteiger partial charge in [-0.25, -0.2) is 9.59 Å². The number of carboxylic acid groups (broad SMARTS) is 1. The van der Waals surface area contributed by atoms with Crippen LogP contribution < -0.4 is 11.1 Å². The Bertz CT molecular complexity index is 1100. The molecule has 2 atom stereocenters. The van der Waals surface area contributed by atoms with E-state index in [1.54, 1.807) is 20.8 Å². The zero-order chi connectivity index (χ0) is 25.9. The molecule has 0 radical (unpaired) electrons. The molecular weight excluding hydrogens is 520 g/mol. The maximum absolute atomic E-state index is 13.0. The first-order chi connectivity index (χ1) is 16.4. The maximum atomic E-state index is 13.0. The SMILES string of the molecule is CCSC1=C(C(=O)O)N2C(=O)C(NC(=O)/C(=N/OCC(=O)OC(C)(C)C)c3nsc(N)n3)[C@H]2SC1. The number of carbonyl (C=O) groups excluding carboxylic acids is 3. The van der Waals surface area contributed by atoms with Crippen molar-refractivity contribution in [2.45, 2.75) is 44.7 Å². The second-order valence-electron chi connectivity index (χ2n) is 8.13. The van der Waals surface area contributed by atoms with E-state index in [0.29, 0.717) is 16.4 Å². The first-order valence-electron chi connectivity index (χ1n) is 10.3. The molecule has 1 unspecified atom stereocenters. The summed E-state index contributed by atoms with van der Waals surface area (Å²) in [5.74, 6) is -2.42. The number of amides is 2. The van der Waals surface area contributed by atoms with Crippen LogP contribution in [0, 0.1) is 0 Å². The number of carboxylic acids is 1. The molecule has 0 spiro atoms. The number of nitrogen functional groups attached to an aromatic ring is 1. The van der Waals surface area contributed by atoms with E-state index < -0.39 is 53.1 Å². The van der Waals surface area contributed by atoms with E-state index in [9.17, 15) is 24.3 Å². The lowest BCUT2D eigenvalue weighted by Crippen LogP contribution is -2.71. The molecule has 35 heavy (non-hydrogen) atoms. The number of rotatable bonds is 9. The molecule has 2 aliphatic rings. The van der Waals surface area contributed by atoms with Gasteiger partial charge in [-0.3, -0.25) is 14.5 Å². The van der Waals surface area contributed by atoms with Crippen molar-refractivity contribution in [2.75, 3.05) is 23.8 Å². The number of nitrogens with one attached hydrogen (secondary N) is 1. The van der Waals surface area contributed by atoms with Gasteiger partial charge in [-0.2, -0.15) is 9.36 Å². The predicted octanol–water partition coefficient (Wildman–Crippen LogP) is 0.632. The lowest BCUT2D eigenvalue weighted by atomic mass is 10.0. The van der Waals surface area contributed by atoms with Crippen molar-refractivity contribution < 1.29 is 33.9 Å². The zero-order valence-corrected chi connectivity index (χ0v) is 21.7. The number of aromatic nitrogens is 2. The van der Waals surface area contributed by atoms with Crippen LogP contribution in [-0.2, 0) is 28.8 Å². The number of ether oxygens (including phenoxy) is 1. The van der Waals surface area contributed by atoms with Gasteiger partial charge >= 0.3 is 11.9 Å². The fourth-order valence-electron chi connectivity index (χ4n) is 3.12. The van der Waals surface area contributed by atoms with Crippen LogP contribution in [0.25, 0.3) is 0 Å². The van der Waals surface area contributed by atoms with E-state index >= 15 is 0 Å². The summed E-state index contributed by atoms with van der Waals surface area (Å²) >= 11 is 3.52. The Hall–Kier alpha value is -2.85. The highest BCUT2D eigenvalue weighted by molar-refractivity contribution is 8.06. The number of oxime groups is 1. The number of esters is 1. The molecule has 2 aliphatic heterocycles. The molecule has 3 heterocycles. The van der Waals surface area contributed by atoms with Gasteiger partial charge in [-0.05, 0) is 26.5 Å². The van der Waals surface area contributed by atoms with Gasteiger partial charge in [0.25, 0.3) is 11.8 Å². The average Bonchev–Trinajstić information content (AvgIpc) is 3.19. The molecule has 0 aliphatic carbocycles. The van der Waals surface area contributed by atoms with Gasteiger partial charge in [0.1, 0.15) is 22.7 Å². The van der Waals surface area contributed by atoms with E-state index in [2.05, 4.69) is 19.8 Å². The quantitative estimate of drug-likeness (QED) is 0.171. The zero-order valence-electron chi connectivity index (χ0n) is 19.3. The van der Waals surface area contributed by atoms with Crippen LogP contribution in [0.4, 0.5) is 5.13 Å². The summed E-state index contributed by atoms with van der Waals surface area (Å²) in [4.78, 5) is 60.1. The standard InChI is InChI=1S/C19H24N6O7S3/c1-5-33-8-7-34-16-11(15(28)25(16)12(8)17(29)30)21-14(27)10(13-22-18(20)35-24-13)23-31-6-9(26)32-19(2,3)4/h11,16H,5-7H2,1-4H3,(H,21,27)(H,29,30)(H2,20,22,24)/b23-10+/t11?,16-/m1/s1. The number of anilines is 1. The van der Waals surface area contributed by atoms with Crippen molar-refractivity contribution in [2.24, 2.45) is 5.16 Å². The number of hydrogen-bond donors (Lipinski definition) is 3. The summed E-state index contributed by atoms with van der Waals surface area (Å²) < 4.78 is 9.06. The fraction of sp³-hybridized carbons (Fsp3) is 0.526. The number of thioether (sulfide) groups is 2. The van der Waals surface area contributed by atoms with Crippen LogP contribution >= 0.6 is 35.1 Å². The van der Waals surface area contributed by atoms with Gasteiger partial charge in [-0.15, -0.1) is 23.5 Å². The van der Waals surface area contributed by atoms with Crippen molar-refractivity contribution in [3.63, 3.8) is 0 Å². The van der Waals surface area contributed by atoms with Gasteiger partial charge in [0.05, 0.1) is 0 Å². The maximum Gasteiger partial charge on any atom is 0.353 e. The smallest absolute Gasteiger partial charge is 0.353 e. The number of fused-ring (bicyclic) bond motifs is 1. The van der Waals surface area contributed by atoms with Crippen LogP contribution in [-0.4, -0.2) is 84.0 Å². The predicted molar refractivity (Wildman–Crippen MR) is 130 cm³/mol. The largest absolute Gasteiger partial charge is 0.477 e. The number of β-lactam (4-membered cyclic amide) rings is 1. The van der Waals surface area contributed by atoms with Crippen molar-refractivity contribution in [3.8, 4) is 0 Å². The van der Waals surface area contributed by atoms with Gasteiger partial charge < -0.3 is 25.7 Å². The average molecular weight is 545 g/mol. The number of aliphatic carboxylic acids is 1. The van der Waals surface area contributed by atoms with Crippen molar-refractivity contribution in [1.82, 2.24) is 19.6 Å². The Morgan fingerprint density at radius 2 is 2.09 bits per heavy atom. The fourth-order valence-corrected chi connectivity index (χ4v) is 5.96. The molecular formula is C19H24N6O7S3. The van der Waals surface area contributed by atoms with Gasteiger partial charge in [0.2, 0.25) is 18.1 Å². The highest BCUT2D eigenvalue weighted by Crippen LogP contribution is 2.43. The van der Waals surface area contributed by atoms with Crippen LogP contribution in [0.15, 0.2) is 15.8 Å². The van der Waals surface area contributed by atoms with Gasteiger partial charge in [0.15, 0.2) is 5.13 Å². The third-order valence-electron chi connectivity index (χ3n) is 4.37. The van der Waals surface area contributed by atoms with Crippen LogP contribution in [0.1, 0.15) is 33.5 Å². The summed E-state index contributed by atoms with van der Waals surface area (Å²) in [6.07, 6.45) is 0. The number of nitrogens with two attached hydrogens (primary N) is 1. The molecule has 1 aromatic rings. The summed E-state index contributed by atoms with van der Waals surface area (Å²) in [6, 6.07) is -0.998. The molecule has 0 saturated carbocycles. The third kappa shape index (κ3) is 6.24. The number of nitrogens with zero attached hydrogens (tertiary/aromatic N) is 4. The summed E-state index contributed by atoms with van der Waals surface area (Å²) in [6.45, 7) is 6.37. The van der Waals surface area contributed by atoms with Crippen LogP contribution in [0.3, 0.4) is 0 Å². The second kappa shape index (κ2) is 10.8. The minimum absolute atomic E-state index is 0.0681. The van der Waals surface area contributed by atoms with E-state index in [1.807, 2.05) is 6.92 Å². The molecule has 190 valence electrons. The second-order valence-corrected chi connectivity index (χ2v) is 11.4. The molecule has 0 bridgehead atoms. The summed E-state index contributed by atoms with van der Waals surface area (Å²) in [5, 5.41) is 15.3. The molecule has 4 N–H and O–H groups in total. The summed E-state index contributed by atoms with van der Waals surface area (Å²) in [7, 11) is 0. The Morgan fingerprint density at radius 1 is 1.37 bits per heavy atom. The van der Waals surface area contributed by atoms with E-state index in [-0.39, 0.29) is 16.7 Å². The Kier molecular flexibility index (Phi) is 8.27. The van der Waals surface area contributed by atoms with E-state index in [4.69, 9.17) is 15.3 Å². The molecule has 0 aromatic carbocycles. The van der Waals surface area contributed by atoms with Gasteiger partial charge in [-0.1, -0.05) is 12.1 Å². The first-order valence-corrected chi connectivity index (χ1v) is 13.1.